The number of nitrogens with one attached hydrogen (secondary N) is 1. The third kappa shape index (κ3) is 2.50. The maximum atomic E-state index is 4.41. The number of aryl methyl sites for hydroxylation is 1. The Morgan fingerprint density at radius 1 is 1.37 bits per heavy atom. The molecule has 3 nitrogen and oxygen atoms in total. The molecule has 0 saturated heterocycles. The zero-order chi connectivity index (χ0) is 13.1. The van der Waals surface area contributed by atoms with Crippen molar-refractivity contribution in [3.8, 4) is 0 Å². The van der Waals surface area contributed by atoms with Crippen molar-refractivity contribution >= 4 is 5.95 Å². The van der Waals surface area contributed by atoms with Gasteiger partial charge in [-0.3, -0.25) is 0 Å². The highest BCUT2D eigenvalue weighted by Crippen LogP contribution is 2.34. The fraction of sp³-hybridized carbons (Fsp3) is 0.438. The molecule has 1 aliphatic carbocycles. The van der Waals surface area contributed by atoms with Crippen molar-refractivity contribution in [2.45, 2.75) is 38.6 Å². The number of hydrogen-bond acceptors (Lipinski definition) is 2. The third-order valence-corrected chi connectivity index (χ3v) is 3.94. The minimum Gasteiger partial charge on any atom is -0.355 e. The first-order valence-corrected chi connectivity index (χ1v) is 7.21. The van der Waals surface area contributed by atoms with Gasteiger partial charge >= 0.3 is 0 Å². The molecule has 3 heteroatoms. The average Bonchev–Trinajstić information content (AvgIpc) is 2.85. The molecule has 0 saturated carbocycles. The number of fused-ring (bicyclic) bond motifs is 1. The van der Waals surface area contributed by atoms with Crippen LogP contribution in [0.25, 0.3) is 0 Å². The van der Waals surface area contributed by atoms with Crippen LogP contribution in [0.3, 0.4) is 0 Å². The van der Waals surface area contributed by atoms with Gasteiger partial charge in [0.25, 0.3) is 0 Å². The quantitative estimate of drug-likeness (QED) is 0.857. The summed E-state index contributed by atoms with van der Waals surface area (Å²) in [5, 5.41) is 3.50. The second kappa shape index (κ2) is 5.47. The van der Waals surface area contributed by atoms with Crippen LogP contribution in [0, 0.1) is 0 Å². The summed E-state index contributed by atoms with van der Waals surface area (Å²) in [5.74, 6) is 1.66. The van der Waals surface area contributed by atoms with Crippen LogP contribution in [0.2, 0.25) is 0 Å². The summed E-state index contributed by atoms with van der Waals surface area (Å²) in [7, 11) is 0. The van der Waals surface area contributed by atoms with Crippen LogP contribution in [0.1, 0.15) is 36.8 Å². The molecule has 1 unspecified atom stereocenters. The zero-order valence-corrected chi connectivity index (χ0v) is 11.5. The molecule has 1 aromatic heterocycles. The summed E-state index contributed by atoms with van der Waals surface area (Å²) in [6.45, 7) is 4.26. The number of nitrogens with zero attached hydrogens (tertiary/aromatic N) is 2. The summed E-state index contributed by atoms with van der Waals surface area (Å²) in [5.41, 5.74) is 3.00. The molecule has 0 aliphatic heterocycles. The number of benzene rings is 1. The normalized spacial score (nSPS) is 16.8. The zero-order valence-electron chi connectivity index (χ0n) is 11.5. The van der Waals surface area contributed by atoms with Crippen LogP contribution in [-0.2, 0) is 13.0 Å². The van der Waals surface area contributed by atoms with E-state index in [2.05, 4.69) is 52.3 Å². The molecule has 0 spiro atoms. The third-order valence-electron chi connectivity index (χ3n) is 3.94. The van der Waals surface area contributed by atoms with Crippen LogP contribution >= 0.6 is 0 Å². The minimum atomic E-state index is 0.646. The molecule has 0 fully saturated rings. The number of rotatable bonds is 6. The van der Waals surface area contributed by atoms with E-state index >= 15 is 0 Å². The van der Waals surface area contributed by atoms with E-state index in [4.69, 9.17) is 0 Å². The van der Waals surface area contributed by atoms with E-state index < -0.39 is 0 Å². The summed E-state index contributed by atoms with van der Waals surface area (Å²) in [6, 6.07) is 8.73. The number of anilines is 1. The van der Waals surface area contributed by atoms with Crippen LogP contribution in [0.15, 0.2) is 36.7 Å². The maximum absolute atomic E-state index is 4.41. The molecule has 0 bridgehead atoms. The van der Waals surface area contributed by atoms with Gasteiger partial charge in [0.2, 0.25) is 5.95 Å². The summed E-state index contributed by atoms with van der Waals surface area (Å²) < 4.78 is 2.22. The average molecular weight is 255 g/mol. The highest BCUT2D eigenvalue weighted by atomic mass is 15.2. The van der Waals surface area contributed by atoms with E-state index in [1.54, 1.807) is 0 Å². The molecule has 3 rings (SSSR count). The number of aromatic nitrogens is 2. The summed E-state index contributed by atoms with van der Waals surface area (Å²) in [4.78, 5) is 4.41. The fourth-order valence-electron chi connectivity index (χ4n) is 2.74. The first-order valence-electron chi connectivity index (χ1n) is 7.21. The van der Waals surface area contributed by atoms with Gasteiger partial charge in [0, 0.05) is 31.4 Å². The first kappa shape index (κ1) is 12.3. The van der Waals surface area contributed by atoms with E-state index in [0.29, 0.717) is 5.92 Å². The van der Waals surface area contributed by atoms with Crippen molar-refractivity contribution in [2.24, 2.45) is 0 Å². The van der Waals surface area contributed by atoms with Gasteiger partial charge < -0.3 is 9.88 Å². The van der Waals surface area contributed by atoms with Gasteiger partial charge in [0.15, 0.2) is 0 Å². The van der Waals surface area contributed by atoms with E-state index in [1.165, 1.54) is 30.4 Å². The predicted octanol–water partition coefficient (Wildman–Crippen LogP) is 3.44. The summed E-state index contributed by atoms with van der Waals surface area (Å²) >= 11 is 0. The van der Waals surface area contributed by atoms with Crippen LogP contribution in [0.4, 0.5) is 5.95 Å². The summed E-state index contributed by atoms with van der Waals surface area (Å²) in [6.07, 6.45) is 7.56. The molecular formula is C16H21N3. The highest BCUT2D eigenvalue weighted by molar-refractivity contribution is 5.41. The van der Waals surface area contributed by atoms with Crippen LogP contribution in [0.5, 0.6) is 0 Å². The van der Waals surface area contributed by atoms with E-state index in [-0.39, 0.29) is 0 Å². The van der Waals surface area contributed by atoms with Gasteiger partial charge in [-0.05, 0) is 24.0 Å². The van der Waals surface area contributed by atoms with E-state index in [1.807, 2.05) is 6.20 Å². The van der Waals surface area contributed by atoms with Crippen molar-refractivity contribution in [1.29, 1.82) is 0 Å². The largest absolute Gasteiger partial charge is 0.355 e. The lowest BCUT2D eigenvalue weighted by molar-refractivity contribution is 0.612. The van der Waals surface area contributed by atoms with Crippen molar-refractivity contribution < 1.29 is 0 Å². The van der Waals surface area contributed by atoms with Gasteiger partial charge in [-0.15, -0.1) is 0 Å². The Morgan fingerprint density at radius 3 is 3.11 bits per heavy atom. The standard InChI is InChI=1S/C16H21N3/c1-2-3-9-19-10-8-17-16(19)18-12-14-11-13-6-4-5-7-15(13)14/h4-8,10,14H,2-3,9,11-12H2,1H3,(H,17,18). The van der Waals surface area contributed by atoms with Crippen LogP contribution < -0.4 is 5.32 Å². The molecule has 1 aromatic carbocycles. The topological polar surface area (TPSA) is 29.9 Å². The lowest BCUT2D eigenvalue weighted by Crippen LogP contribution is -2.25. The Hall–Kier alpha value is -1.77. The fourth-order valence-corrected chi connectivity index (χ4v) is 2.74. The van der Waals surface area contributed by atoms with Crippen LogP contribution in [-0.4, -0.2) is 16.1 Å². The van der Waals surface area contributed by atoms with Gasteiger partial charge in [-0.1, -0.05) is 37.6 Å². The highest BCUT2D eigenvalue weighted by Gasteiger charge is 2.25. The number of hydrogen-bond donors (Lipinski definition) is 1. The van der Waals surface area contributed by atoms with Gasteiger partial charge in [0.1, 0.15) is 0 Å². The molecule has 100 valence electrons. The first-order chi connectivity index (χ1) is 9.38. The smallest absolute Gasteiger partial charge is 0.202 e. The van der Waals surface area contributed by atoms with Crippen molar-refractivity contribution in [3.63, 3.8) is 0 Å². The molecule has 0 amide bonds. The predicted molar refractivity (Wildman–Crippen MR) is 78.5 cm³/mol. The lowest BCUT2D eigenvalue weighted by atomic mass is 9.78. The Labute approximate surface area is 114 Å². The molecule has 1 N–H and O–H groups in total. The van der Waals surface area contributed by atoms with Crippen molar-refractivity contribution in [3.05, 3.63) is 47.8 Å². The number of imidazole rings is 1. The molecule has 1 atom stereocenters. The van der Waals surface area contributed by atoms with E-state index in [9.17, 15) is 0 Å². The molecule has 0 radical (unpaired) electrons. The Kier molecular flexibility index (Phi) is 3.53. The molecule has 2 aromatic rings. The lowest BCUT2D eigenvalue weighted by Gasteiger charge is -2.30. The Balaban J connectivity index is 1.58. The molecule has 1 aliphatic rings. The molecular weight excluding hydrogens is 234 g/mol. The van der Waals surface area contributed by atoms with E-state index in [0.717, 1.165) is 19.0 Å². The van der Waals surface area contributed by atoms with Crippen molar-refractivity contribution in [2.75, 3.05) is 11.9 Å². The second-order valence-electron chi connectivity index (χ2n) is 5.28. The Bertz CT molecular complexity index is 544. The molecule has 19 heavy (non-hydrogen) atoms. The molecule has 1 heterocycles. The van der Waals surface area contributed by atoms with Gasteiger partial charge in [-0.2, -0.15) is 0 Å². The van der Waals surface area contributed by atoms with Crippen molar-refractivity contribution in [1.82, 2.24) is 9.55 Å². The minimum absolute atomic E-state index is 0.646. The second-order valence-corrected chi connectivity index (χ2v) is 5.28. The van der Waals surface area contributed by atoms with Gasteiger partial charge in [-0.25, -0.2) is 4.98 Å². The SMILES string of the molecule is CCCCn1ccnc1NCC1Cc2ccccc21. The Morgan fingerprint density at radius 2 is 2.26 bits per heavy atom. The monoisotopic (exact) mass is 255 g/mol. The van der Waals surface area contributed by atoms with Gasteiger partial charge in [0.05, 0.1) is 0 Å². The maximum Gasteiger partial charge on any atom is 0.202 e. The number of unbranched alkanes of at least 4 members (excludes halogenated alkanes) is 1.